The molecule has 0 amide bonds. The molecule has 1 N–H and O–H groups in total. The van der Waals surface area contributed by atoms with Gasteiger partial charge in [-0.05, 0) is 37.7 Å². The Morgan fingerprint density at radius 2 is 2.24 bits per heavy atom. The molecule has 0 bridgehead atoms. The molecule has 1 fully saturated rings. The van der Waals surface area contributed by atoms with Crippen molar-refractivity contribution in [2.24, 2.45) is 11.1 Å². The van der Waals surface area contributed by atoms with Crippen molar-refractivity contribution in [3.05, 3.63) is 34.4 Å². The molecule has 7 nitrogen and oxygen atoms in total. The minimum atomic E-state index is -0.819. The number of carbonyl (C=O) groups is 1. The van der Waals surface area contributed by atoms with Crippen LogP contribution in [0.25, 0.3) is 0 Å². The third-order valence-corrected chi connectivity index (χ3v) is 3.40. The van der Waals surface area contributed by atoms with Gasteiger partial charge < -0.3 is 9.94 Å². The molecule has 21 heavy (non-hydrogen) atoms. The summed E-state index contributed by atoms with van der Waals surface area (Å²) in [5, 5.41) is 23.6. The number of nitro groups is 1. The van der Waals surface area contributed by atoms with Crippen molar-refractivity contribution in [3.8, 4) is 5.75 Å². The lowest BCUT2D eigenvalue weighted by Crippen LogP contribution is -2.18. The van der Waals surface area contributed by atoms with E-state index < -0.39 is 10.9 Å². The summed E-state index contributed by atoms with van der Waals surface area (Å²) in [5.41, 5.74) is 0.616. The standard InChI is InChI=1S/C14H16N2O5/c17-14(18)9-10-4-3-5-11(8-10)15-21-13-7-2-1-6-12(13)16(19)20/h1-2,6-7,10H,3-5,8-9H2,(H,17,18)/b15-11+. The molecule has 112 valence electrons. The Morgan fingerprint density at radius 3 is 2.95 bits per heavy atom. The largest absolute Gasteiger partial charge is 0.481 e. The van der Waals surface area contributed by atoms with E-state index in [-0.39, 0.29) is 23.8 Å². The van der Waals surface area contributed by atoms with Gasteiger partial charge in [0.1, 0.15) is 0 Å². The first-order chi connectivity index (χ1) is 10.1. The zero-order valence-corrected chi connectivity index (χ0v) is 11.4. The van der Waals surface area contributed by atoms with E-state index in [1.165, 1.54) is 12.1 Å². The average Bonchev–Trinajstić information content (AvgIpc) is 2.45. The van der Waals surface area contributed by atoms with Crippen LogP contribution < -0.4 is 4.84 Å². The van der Waals surface area contributed by atoms with Crippen molar-refractivity contribution >= 4 is 17.4 Å². The highest BCUT2D eigenvalue weighted by molar-refractivity contribution is 5.85. The third-order valence-electron chi connectivity index (χ3n) is 3.40. The number of hydrogen-bond donors (Lipinski definition) is 1. The molecule has 2 rings (SSSR count). The van der Waals surface area contributed by atoms with E-state index >= 15 is 0 Å². The predicted octanol–water partition coefficient (Wildman–Crippen LogP) is 2.99. The summed E-state index contributed by atoms with van der Waals surface area (Å²) in [5.74, 6) is -0.666. The van der Waals surface area contributed by atoms with Crippen LogP contribution in [-0.4, -0.2) is 21.7 Å². The Balaban J connectivity index is 2.04. The van der Waals surface area contributed by atoms with E-state index in [4.69, 9.17) is 9.94 Å². The molecule has 0 heterocycles. The van der Waals surface area contributed by atoms with Crippen molar-refractivity contribution in [3.63, 3.8) is 0 Å². The summed E-state index contributed by atoms with van der Waals surface area (Å²) >= 11 is 0. The van der Waals surface area contributed by atoms with Crippen LogP contribution in [0.4, 0.5) is 5.69 Å². The van der Waals surface area contributed by atoms with Crippen molar-refractivity contribution < 1.29 is 19.7 Å². The Bertz CT molecular complexity index is 570. The van der Waals surface area contributed by atoms with Crippen LogP contribution in [-0.2, 0) is 4.79 Å². The van der Waals surface area contributed by atoms with Gasteiger partial charge in [0, 0.05) is 12.5 Å². The predicted molar refractivity (Wildman–Crippen MR) is 75.4 cm³/mol. The van der Waals surface area contributed by atoms with Crippen LogP contribution in [0.2, 0.25) is 0 Å². The molecule has 1 aromatic carbocycles. The molecule has 0 spiro atoms. The molecule has 7 heteroatoms. The summed E-state index contributed by atoms with van der Waals surface area (Å²) in [4.78, 5) is 26.3. The molecular formula is C14H16N2O5. The van der Waals surface area contributed by atoms with E-state index in [2.05, 4.69) is 5.16 Å². The lowest BCUT2D eigenvalue weighted by atomic mass is 9.86. The molecule has 1 aliphatic rings. The van der Waals surface area contributed by atoms with Crippen molar-refractivity contribution in [1.82, 2.24) is 0 Å². The van der Waals surface area contributed by atoms with Gasteiger partial charge in [-0.25, -0.2) is 0 Å². The fourth-order valence-corrected chi connectivity index (χ4v) is 2.44. The molecule has 0 aliphatic heterocycles. The highest BCUT2D eigenvalue weighted by Gasteiger charge is 2.21. The Labute approximate surface area is 121 Å². The fraction of sp³-hybridized carbons (Fsp3) is 0.429. The lowest BCUT2D eigenvalue weighted by Gasteiger charge is -2.21. The second-order valence-electron chi connectivity index (χ2n) is 5.03. The molecule has 1 aromatic rings. The number of aliphatic carboxylic acids is 1. The zero-order chi connectivity index (χ0) is 15.2. The van der Waals surface area contributed by atoms with Crippen molar-refractivity contribution in [1.29, 1.82) is 0 Å². The third kappa shape index (κ3) is 4.27. The van der Waals surface area contributed by atoms with E-state index in [1.807, 2.05) is 0 Å². The Hall–Kier alpha value is -2.44. The molecule has 0 saturated heterocycles. The van der Waals surface area contributed by atoms with E-state index in [9.17, 15) is 14.9 Å². The average molecular weight is 292 g/mol. The normalized spacial score (nSPS) is 20.2. The molecular weight excluding hydrogens is 276 g/mol. The van der Waals surface area contributed by atoms with Crippen LogP contribution in [0.15, 0.2) is 29.4 Å². The molecule has 1 saturated carbocycles. The van der Waals surface area contributed by atoms with E-state index in [0.29, 0.717) is 6.42 Å². The summed E-state index contributed by atoms with van der Waals surface area (Å²) in [6.07, 6.45) is 3.13. The minimum Gasteiger partial charge on any atom is -0.481 e. The first kappa shape index (κ1) is 15.0. The van der Waals surface area contributed by atoms with Crippen LogP contribution in [0.5, 0.6) is 5.75 Å². The smallest absolute Gasteiger partial charge is 0.314 e. The number of para-hydroxylation sites is 2. The number of nitro benzene ring substituents is 1. The first-order valence-corrected chi connectivity index (χ1v) is 6.74. The van der Waals surface area contributed by atoms with E-state index in [0.717, 1.165) is 25.0 Å². The molecule has 0 aromatic heterocycles. The molecule has 1 aliphatic carbocycles. The highest BCUT2D eigenvalue weighted by atomic mass is 16.6. The Kier molecular flexibility index (Phi) is 4.86. The number of carboxylic acids is 1. The van der Waals surface area contributed by atoms with Gasteiger partial charge in [-0.15, -0.1) is 0 Å². The van der Waals surface area contributed by atoms with Gasteiger partial charge in [0.25, 0.3) is 0 Å². The zero-order valence-electron chi connectivity index (χ0n) is 11.4. The topological polar surface area (TPSA) is 102 Å². The van der Waals surface area contributed by atoms with Crippen LogP contribution in [0.3, 0.4) is 0 Å². The summed E-state index contributed by atoms with van der Waals surface area (Å²) in [7, 11) is 0. The van der Waals surface area contributed by atoms with Gasteiger partial charge in [0.2, 0.25) is 5.75 Å². The van der Waals surface area contributed by atoms with Gasteiger partial charge in [0.05, 0.1) is 10.6 Å². The number of carboxylic acid groups (broad SMARTS) is 1. The Morgan fingerprint density at radius 1 is 1.48 bits per heavy atom. The molecule has 1 unspecified atom stereocenters. The fourth-order valence-electron chi connectivity index (χ4n) is 2.44. The summed E-state index contributed by atoms with van der Waals surface area (Å²) in [6.45, 7) is 0. The quantitative estimate of drug-likeness (QED) is 0.663. The number of oxime groups is 1. The van der Waals surface area contributed by atoms with Gasteiger partial charge in [0.15, 0.2) is 0 Å². The summed E-state index contributed by atoms with van der Waals surface area (Å²) in [6, 6.07) is 6.03. The maximum Gasteiger partial charge on any atom is 0.314 e. The minimum absolute atomic E-state index is 0.0596. The van der Waals surface area contributed by atoms with Crippen molar-refractivity contribution in [2.75, 3.05) is 0 Å². The molecule has 1 atom stereocenters. The highest BCUT2D eigenvalue weighted by Crippen LogP contribution is 2.28. The second kappa shape index (κ2) is 6.83. The monoisotopic (exact) mass is 292 g/mol. The van der Waals surface area contributed by atoms with Gasteiger partial charge in [-0.2, -0.15) is 0 Å². The maximum absolute atomic E-state index is 10.9. The van der Waals surface area contributed by atoms with E-state index in [1.54, 1.807) is 12.1 Å². The summed E-state index contributed by atoms with van der Waals surface area (Å²) < 4.78 is 0. The second-order valence-corrected chi connectivity index (χ2v) is 5.03. The molecule has 0 radical (unpaired) electrons. The number of rotatable bonds is 5. The van der Waals surface area contributed by atoms with Crippen molar-refractivity contribution in [2.45, 2.75) is 32.1 Å². The van der Waals surface area contributed by atoms with Crippen LogP contribution in [0, 0.1) is 16.0 Å². The number of benzene rings is 1. The first-order valence-electron chi connectivity index (χ1n) is 6.74. The number of nitrogens with zero attached hydrogens (tertiary/aromatic N) is 2. The maximum atomic E-state index is 10.9. The van der Waals surface area contributed by atoms with Crippen LogP contribution >= 0.6 is 0 Å². The SMILES string of the molecule is O=C(O)CC1CCC/C(=N\Oc2ccccc2[N+](=O)[O-])C1. The number of hydrogen-bond acceptors (Lipinski definition) is 5. The van der Waals surface area contributed by atoms with Crippen LogP contribution in [0.1, 0.15) is 32.1 Å². The lowest BCUT2D eigenvalue weighted by molar-refractivity contribution is -0.385. The van der Waals surface area contributed by atoms with Gasteiger partial charge >= 0.3 is 11.7 Å². The van der Waals surface area contributed by atoms with Gasteiger partial charge in [-0.1, -0.05) is 17.3 Å². The van der Waals surface area contributed by atoms with Gasteiger partial charge in [-0.3, -0.25) is 14.9 Å².